The molecule has 0 saturated heterocycles. The first kappa shape index (κ1) is 10.8. The lowest BCUT2D eigenvalue weighted by molar-refractivity contribution is 0.241. The highest BCUT2D eigenvalue weighted by molar-refractivity contribution is 5.23. The first-order valence-electron chi connectivity index (χ1n) is 3.87. The van der Waals surface area contributed by atoms with Crippen molar-refractivity contribution in [3.8, 4) is 0 Å². The molecule has 0 atom stereocenters. The summed E-state index contributed by atoms with van der Waals surface area (Å²) in [4.78, 5) is 0. The number of methoxy groups -OCH3 is 2. The fourth-order valence-electron chi connectivity index (χ4n) is 0.804. The number of hydrogen-bond donors (Lipinski definition) is 0. The molecule has 0 rings (SSSR count). The highest BCUT2D eigenvalue weighted by atomic mass is 16.5. The zero-order chi connectivity index (χ0) is 9.40. The van der Waals surface area contributed by atoms with E-state index in [2.05, 4.69) is 0 Å². The molecule has 0 aromatic heterocycles. The first-order valence-corrected chi connectivity index (χ1v) is 3.87. The molecule has 0 spiro atoms. The molecule has 0 unspecified atom stereocenters. The Hall–Kier alpha value is -1.18. The van der Waals surface area contributed by atoms with Gasteiger partial charge in [-0.2, -0.15) is 0 Å². The summed E-state index contributed by atoms with van der Waals surface area (Å²) in [5.74, 6) is 1.47. The number of ether oxygens (including phenoxy) is 2. The van der Waals surface area contributed by atoms with Gasteiger partial charge in [0.25, 0.3) is 0 Å². The van der Waals surface area contributed by atoms with Crippen LogP contribution in [0.2, 0.25) is 0 Å². The summed E-state index contributed by atoms with van der Waals surface area (Å²) in [7, 11) is 3.25. The Morgan fingerprint density at radius 3 is 1.33 bits per heavy atom. The van der Waals surface area contributed by atoms with E-state index in [0.29, 0.717) is 0 Å². The lowest BCUT2D eigenvalue weighted by Crippen LogP contribution is -1.91. The van der Waals surface area contributed by atoms with Crippen molar-refractivity contribution in [3.63, 3.8) is 0 Å². The smallest absolute Gasteiger partial charge is 0.160 e. The second-order valence-electron chi connectivity index (χ2n) is 2.14. The van der Waals surface area contributed by atoms with Crippen molar-refractivity contribution in [2.24, 2.45) is 0 Å². The van der Waals surface area contributed by atoms with Crippen molar-refractivity contribution in [1.29, 1.82) is 0 Å². The van der Waals surface area contributed by atoms with Crippen LogP contribution in [0.3, 0.4) is 0 Å². The van der Waals surface area contributed by atoms with Crippen LogP contribution in [0.5, 0.6) is 0 Å². The minimum Gasteiger partial charge on any atom is -0.493 e. The fourth-order valence-corrected chi connectivity index (χ4v) is 0.804. The quantitative estimate of drug-likeness (QED) is 0.474. The second kappa shape index (κ2) is 6.53. The van der Waals surface area contributed by atoms with Crippen molar-refractivity contribution in [1.82, 2.24) is 0 Å². The van der Waals surface area contributed by atoms with Crippen molar-refractivity contribution in [2.45, 2.75) is 13.8 Å². The molecule has 0 amide bonds. The molecule has 0 aliphatic rings. The van der Waals surface area contributed by atoms with E-state index in [1.165, 1.54) is 0 Å². The van der Waals surface area contributed by atoms with E-state index in [1.54, 1.807) is 14.2 Å². The third kappa shape index (κ3) is 3.28. The van der Waals surface area contributed by atoms with Crippen LogP contribution in [-0.4, -0.2) is 14.2 Å². The van der Waals surface area contributed by atoms with Gasteiger partial charge in [0.1, 0.15) is 0 Å². The van der Waals surface area contributed by atoms with E-state index in [1.807, 2.05) is 38.2 Å². The molecular formula is C10H16O2. The van der Waals surface area contributed by atoms with Crippen LogP contribution in [0.25, 0.3) is 0 Å². The van der Waals surface area contributed by atoms with Gasteiger partial charge in [-0.3, -0.25) is 0 Å². The predicted octanol–water partition coefficient (Wildman–Crippen LogP) is 2.64. The van der Waals surface area contributed by atoms with Gasteiger partial charge in [0.2, 0.25) is 0 Å². The minimum atomic E-state index is 0.734. The number of allylic oxidation sites excluding steroid dienone is 4. The van der Waals surface area contributed by atoms with E-state index in [0.717, 1.165) is 11.5 Å². The molecule has 0 saturated carbocycles. The SMILES string of the molecule is C\C=C/C(OC)=C(\C=C/C)OC. The van der Waals surface area contributed by atoms with Gasteiger partial charge in [-0.15, -0.1) is 0 Å². The molecule has 0 aliphatic heterocycles. The largest absolute Gasteiger partial charge is 0.493 e. The molecule has 0 aromatic carbocycles. The van der Waals surface area contributed by atoms with Crippen LogP contribution in [0.4, 0.5) is 0 Å². The van der Waals surface area contributed by atoms with Crippen LogP contribution < -0.4 is 0 Å². The third-order valence-electron chi connectivity index (χ3n) is 1.32. The van der Waals surface area contributed by atoms with E-state index < -0.39 is 0 Å². The molecule has 0 aromatic rings. The minimum absolute atomic E-state index is 0.734. The highest BCUT2D eigenvalue weighted by Gasteiger charge is 1.98. The van der Waals surface area contributed by atoms with Gasteiger partial charge < -0.3 is 9.47 Å². The van der Waals surface area contributed by atoms with Crippen LogP contribution in [-0.2, 0) is 9.47 Å². The number of hydrogen-bond acceptors (Lipinski definition) is 2. The van der Waals surface area contributed by atoms with Gasteiger partial charge in [0, 0.05) is 0 Å². The summed E-state index contributed by atoms with van der Waals surface area (Å²) in [5.41, 5.74) is 0. The van der Waals surface area contributed by atoms with Gasteiger partial charge in [0.15, 0.2) is 11.5 Å². The topological polar surface area (TPSA) is 18.5 Å². The Balaban J connectivity index is 4.73. The summed E-state index contributed by atoms with van der Waals surface area (Å²) < 4.78 is 10.2. The average molecular weight is 168 g/mol. The highest BCUT2D eigenvalue weighted by Crippen LogP contribution is 2.09. The third-order valence-corrected chi connectivity index (χ3v) is 1.32. The van der Waals surface area contributed by atoms with Crippen LogP contribution in [0.1, 0.15) is 13.8 Å². The van der Waals surface area contributed by atoms with E-state index in [-0.39, 0.29) is 0 Å². The molecule has 0 fully saturated rings. The molecule has 0 heterocycles. The van der Waals surface area contributed by atoms with Crippen LogP contribution in [0, 0.1) is 0 Å². The summed E-state index contributed by atoms with van der Waals surface area (Å²) >= 11 is 0. The van der Waals surface area contributed by atoms with Gasteiger partial charge in [-0.25, -0.2) is 0 Å². The molecule has 68 valence electrons. The lowest BCUT2D eigenvalue weighted by atomic mass is 10.3. The van der Waals surface area contributed by atoms with Gasteiger partial charge in [-0.05, 0) is 26.0 Å². The van der Waals surface area contributed by atoms with Gasteiger partial charge >= 0.3 is 0 Å². The van der Waals surface area contributed by atoms with Gasteiger partial charge in [0.05, 0.1) is 14.2 Å². The normalized spacial score (nSPS) is 13.7. The predicted molar refractivity (Wildman–Crippen MR) is 50.7 cm³/mol. The summed E-state index contributed by atoms with van der Waals surface area (Å²) in [5, 5.41) is 0. The zero-order valence-corrected chi connectivity index (χ0v) is 8.13. The summed E-state index contributed by atoms with van der Waals surface area (Å²) in [6.07, 6.45) is 7.53. The Morgan fingerprint density at radius 1 is 0.833 bits per heavy atom. The van der Waals surface area contributed by atoms with Crippen molar-refractivity contribution < 1.29 is 9.47 Å². The summed E-state index contributed by atoms with van der Waals surface area (Å²) in [6, 6.07) is 0. The molecule has 0 bridgehead atoms. The maximum Gasteiger partial charge on any atom is 0.160 e. The maximum absolute atomic E-state index is 5.11. The first-order chi connectivity index (χ1) is 5.79. The summed E-state index contributed by atoms with van der Waals surface area (Å²) in [6.45, 7) is 3.86. The Morgan fingerprint density at radius 2 is 1.17 bits per heavy atom. The van der Waals surface area contributed by atoms with Gasteiger partial charge in [-0.1, -0.05) is 12.2 Å². The molecule has 2 heteroatoms. The lowest BCUT2D eigenvalue weighted by Gasteiger charge is -2.05. The average Bonchev–Trinajstić information content (AvgIpc) is 2.11. The standard InChI is InChI=1S/C10H16O2/c1-5-7-9(11-3)10(12-4)8-6-2/h5-8H,1-4H3/b7-5-,8-6-,10-9-. The Bertz CT molecular complexity index is 178. The van der Waals surface area contributed by atoms with Crippen molar-refractivity contribution in [2.75, 3.05) is 14.2 Å². The molecule has 0 aliphatic carbocycles. The monoisotopic (exact) mass is 168 g/mol. The molecule has 0 N–H and O–H groups in total. The van der Waals surface area contributed by atoms with E-state index in [9.17, 15) is 0 Å². The number of rotatable bonds is 4. The molecule has 12 heavy (non-hydrogen) atoms. The van der Waals surface area contributed by atoms with Crippen molar-refractivity contribution >= 4 is 0 Å². The fraction of sp³-hybridized carbons (Fsp3) is 0.400. The molecule has 2 nitrogen and oxygen atoms in total. The van der Waals surface area contributed by atoms with E-state index >= 15 is 0 Å². The molecule has 0 radical (unpaired) electrons. The van der Waals surface area contributed by atoms with Crippen LogP contribution in [0.15, 0.2) is 35.8 Å². The Kier molecular flexibility index (Phi) is 5.88. The second-order valence-corrected chi connectivity index (χ2v) is 2.14. The Labute approximate surface area is 74.2 Å². The molecular weight excluding hydrogens is 152 g/mol. The van der Waals surface area contributed by atoms with Crippen molar-refractivity contribution in [3.05, 3.63) is 35.8 Å². The van der Waals surface area contributed by atoms with E-state index in [4.69, 9.17) is 9.47 Å². The zero-order valence-electron chi connectivity index (χ0n) is 8.13. The maximum atomic E-state index is 5.11. The van der Waals surface area contributed by atoms with Crippen LogP contribution >= 0.6 is 0 Å².